The summed E-state index contributed by atoms with van der Waals surface area (Å²) in [6, 6.07) is 15.6. The fraction of sp³-hybridized carbons (Fsp3) is 0. The lowest BCUT2D eigenvalue weighted by atomic mass is 10.2. The van der Waals surface area contributed by atoms with Gasteiger partial charge in [0.25, 0.3) is 11.6 Å². The van der Waals surface area contributed by atoms with E-state index in [2.05, 4.69) is 27.9 Å². The van der Waals surface area contributed by atoms with Crippen molar-refractivity contribution in [1.29, 1.82) is 0 Å². The van der Waals surface area contributed by atoms with Crippen LogP contribution in [-0.4, -0.2) is 10.8 Å². The maximum atomic E-state index is 12.5. The number of anilines is 1. The number of nitrogens with one attached hydrogen (secondary N) is 1. The summed E-state index contributed by atoms with van der Waals surface area (Å²) in [6.07, 6.45) is 0. The molecule has 0 saturated carbocycles. The molecule has 0 saturated heterocycles. The molecule has 142 valence electrons. The number of benzene rings is 3. The van der Waals surface area contributed by atoms with Gasteiger partial charge in [-0.3, -0.25) is 14.9 Å². The Bertz CT molecular complexity index is 1060. The van der Waals surface area contributed by atoms with Crippen LogP contribution in [-0.2, 0) is 0 Å². The van der Waals surface area contributed by atoms with E-state index in [1.807, 2.05) is 12.1 Å². The summed E-state index contributed by atoms with van der Waals surface area (Å²) in [5.41, 5.74) is 0.170. The van der Waals surface area contributed by atoms with Crippen LogP contribution in [0, 0.1) is 13.7 Å². The molecule has 0 aliphatic carbocycles. The van der Waals surface area contributed by atoms with Gasteiger partial charge in [0.05, 0.1) is 27.3 Å². The van der Waals surface area contributed by atoms with Crippen molar-refractivity contribution in [3.05, 3.63) is 90.0 Å². The minimum absolute atomic E-state index is 0.172. The summed E-state index contributed by atoms with van der Waals surface area (Å²) in [5, 5.41) is 14.4. The molecule has 0 atom stereocenters. The maximum Gasteiger partial charge on any atom is 0.275 e. The Morgan fingerprint density at radius 2 is 1.71 bits per heavy atom. The molecule has 0 heterocycles. The van der Waals surface area contributed by atoms with Crippen molar-refractivity contribution in [2.45, 2.75) is 0 Å². The van der Waals surface area contributed by atoms with Crippen LogP contribution in [0.1, 0.15) is 10.4 Å². The van der Waals surface area contributed by atoms with Crippen LogP contribution in [0.25, 0.3) is 0 Å². The molecule has 0 unspecified atom stereocenters. The molecule has 0 aliphatic heterocycles. The van der Waals surface area contributed by atoms with Crippen molar-refractivity contribution in [3.8, 4) is 11.5 Å². The quantitative estimate of drug-likeness (QED) is 0.231. The monoisotopic (exact) mass is 528 g/mol. The van der Waals surface area contributed by atoms with Crippen LogP contribution in [0.3, 0.4) is 0 Å². The van der Waals surface area contributed by atoms with Crippen molar-refractivity contribution >= 4 is 63.1 Å². The largest absolute Gasteiger partial charge is 0.457 e. The Labute approximate surface area is 183 Å². The van der Waals surface area contributed by atoms with Gasteiger partial charge >= 0.3 is 0 Å². The van der Waals surface area contributed by atoms with E-state index in [0.717, 1.165) is 3.57 Å². The number of hydrogen-bond acceptors (Lipinski definition) is 4. The van der Waals surface area contributed by atoms with Gasteiger partial charge in [-0.1, -0.05) is 23.2 Å². The van der Waals surface area contributed by atoms with E-state index in [4.69, 9.17) is 27.9 Å². The molecule has 3 rings (SSSR count). The first-order valence-corrected chi connectivity index (χ1v) is 9.64. The third-order valence-corrected chi connectivity index (χ3v) is 4.85. The highest BCUT2D eigenvalue weighted by molar-refractivity contribution is 14.1. The lowest BCUT2D eigenvalue weighted by molar-refractivity contribution is -0.384. The Hall–Kier alpha value is -2.36. The molecule has 1 N–H and O–H groups in total. The first-order chi connectivity index (χ1) is 13.3. The first kappa shape index (κ1) is 20.4. The Morgan fingerprint density at radius 1 is 1.00 bits per heavy atom. The molecule has 0 spiro atoms. The zero-order chi connectivity index (χ0) is 20.3. The molecule has 0 bridgehead atoms. The standard InChI is InChI=1S/C19H11Cl2IN2O4/c20-11-1-6-17(18(21)7-11)19(25)23-13-8-14(24(26)27)10-16(9-13)28-15-4-2-12(22)3-5-15/h1-10H,(H,23,25). The van der Waals surface area contributed by atoms with Gasteiger partial charge in [0, 0.05) is 20.7 Å². The van der Waals surface area contributed by atoms with Gasteiger partial charge in [0.1, 0.15) is 11.5 Å². The molecule has 6 nitrogen and oxygen atoms in total. The Kier molecular flexibility index (Phi) is 6.38. The number of nitrogens with zero attached hydrogens (tertiary/aromatic N) is 1. The lowest BCUT2D eigenvalue weighted by Gasteiger charge is -2.10. The fourth-order valence-corrected chi connectivity index (χ4v) is 3.18. The molecular weight excluding hydrogens is 518 g/mol. The number of carbonyl (C=O) groups excluding carboxylic acids is 1. The van der Waals surface area contributed by atoms with Gasteiger partial charge in [-0.15, -0.1) is 0 Å². The first-order valence-electron chi connectivity index (χ1n) is 7.81. The summed E-state index contributed by atoms with van der Waals surface area (Å²) in [4.78, 5) is 23.2. The van der Waals surface area contributed by atoms with Crippen LogP contribution in [0.2, 0.25) is 10.0 Å². The smallest absolute Gasteiger partial charge is 0.275 e. The van der Waals surface area contributed by atoms with E-state index in [1.165, 1.54) is 36.4 Å². The van der Waals surface area contributed by atoms with Crippen LogP contribution in [0.4, 0.5) is 11.4 Å². The highest BCUT2D eigenvalue weighted by Crippen LogP contribution is 2.31. The minimum atomic E-state index is -0.564. The summed E-state index contributed by atoms with van der Waals surface area (Å²) in [6.45, 7) is 0. The lowest BCUT2D eigenvalue weighted by Crippen LogP contribution is -2.12. The Balaban J connectivity index is 1.89. The molecular formula is C19H11Cl2IN2O4. The number of nitro benzene ring substituents is 1. The van der Waals surface area contributed by atoms with E-state index in [-0.39, 0.29) is 27.7 Å². The molecule has 9 heteroatoms. The van der Waals surface area contributed by atoms with Gasteiger partial charge < -0.3 is 10.1 Å². The second-order valence-corrected chi connectivity index (χ2v) is 7.70. The van der Waals surface area contributed by atoms with Crippen molar-refractivity contribution in [3.63, 3.8) is 0 Å². The topological polar surface area (TPSA) is 81.5 Å². The van der Waals surface area contributed by atoms with E-state index in [1.54, 1.807) is 12.1 Å². The van der Waals surface area contributed by atoms with Gasteiger partial charge in [0.15, 0.2) is 0 Å². The number of nitro groups is 1. The molecule has 0 aliphatic rings. The van der Waals surface area contributed by atoms with Gasteiger partial charge in [-0.05, 0) is 65.1 Å². The van der Waals surface area contributed by atoms with Crippen molar-refractivity contribution in [2.24, 2.45) is 0 Å². The fourth-order valence-electron chi connectivity index (χ4n) is 2.33. The van der Waals surface area contributed by atoms with E-state index < -0.39 is 10.8 Å². The average Bonchev–Trinajstić information content (AvgIpc) is 2.63. The van der Waals surface area contributed by atoms with Crippen LogP contribution in [0.5, 0.6) is 11.5 Å². The van der Waals surface area contributed by atoms with Crippen LogP contribution >= 0.6 is 45.8 Å². The zero-order valence-corrected chi connectivity index (χ0v) is 17.7. The number of carbonyl (C=O) groups is 1. The highest BCUT2D eigenvalue weighted by atomic mass is 127. The zero-order valence-electron chi connectivity index (χ0n) is 14.0. The normalized spacial score (nSPS) is 10.4. The number of non-ortho nitro benzene ring substituents is 1. The van der Waals surface area contributed by atoms with Gasteiger partial charge in [0.2, 0.25) is 0 Å². The summed E-state index contributed by atoms with van der Waals surface area (Å²) in [7, 11) is 0. The average molecular weight is 529 g/mol. The Morgan fingerprint density at radius 3 is 2.36 bits per heavy atom. The van der Waals surface area contributed by atoms with E-state index >= 15 is 0 Å². The maximum absolute atomic E-state index is 12.5. The predicted molar refractivity (Wildman–Crippen MR) is 117 cm³/mol. The van der Waals surface area contributed by atoms with Crippen molar-refractivity contribution in [2.75, 3.05) is 5.32 Å². The summed E-state index contributed by atoms with van der Waals surface area (Å²) < 4.78 is 6.71. The van der Waals surface area contributed by atoms with E-state index in [0.29, 0.717) is 10.8 Å². The number of hydrogen-bond donors (Lipinski definition) is 1. The third-order valence-electron chi connectivity index (χ3n) is 3.59. The van der Waals surface area contributed by atoms with Crippen LogP contribution in [0.15, 0.2) is 60.7 Å². The summed E-state index contributed by atoms with van der Waals surface area (Å²) >= 11 is 14.0. The van der Waals surface area contributed by atoms with Crippen molar-refractivity contribution in [1.82, 2.24) is 0 Å². The molecule has 0 radical (unpaired) electrons. The number of rotatable bonds is 5. The highest BCUT2D eigenvalue weighted by Gasteiger charge is 2.16. The minimum Gasteiger partial charge on any atom is -0.457 e. The number of ether oxygens (including phenoxy) is 1. The van der Waals surface area contributed by atoms with Crippen molar-refractivity contribution < 1.29 is 14.5 Å². The number of halogens is 3. The molecule has 3 aromatic carbocycles. The molecule has 0 aromatic heterocycles. The molecule has 28 heavy (non-hydrogen) atoms. The molecule has 0 fully saturated rings. The van der Waals surface area contributed by atoms with Gasteiger partial charge in [-0.25, -0.2) is 0 Å². The second kappa shape index (κ2) is 8.76. The van der Waals surface area contributed by atoms with E-state index in [9.17, 15) is 14.9 Å². The second-order valence-electron chi connectivity index (χ2n) is 5.61. The molecule has 3 aromatic rings. The predicted octanol–water partition coefficient (Wildman–Crippen LogP) is 6.55. The van der Waals surface area contributed by atoms with Crippen LogP contribution < -0.4 is 10.1 Å². The third kappa shape index (κ3) is 5.12. The molecule has 1 amide bonds. The number of amides is 1. The summed E-state index contributed by atoms with van der Waals surface area (Å²) in [5.74, 6) is 0.203. The SMILES string of the molecule is O=C(Nc1cc(Oc2ccc(I)cc2)cc([N+](=O)[O-])c1)c1ccc(Cl)cc1Cl. The van der Waals surface area contributed by atoms with Gasteiger partial charge in [-0.2, -0.15) is 0 Å².